The zero-order valence-corrected chi connectivity index (χ0v) is 20.0. The van der Waals surface area contributed by atoms with Crippen LogP contribution in [0.15, 0.2) is 41.9 Å². The number of piperidine rings is 1. The maximum Gasteiger partial charge on any atom is 0.194 e. The topological polar surface area (TPSA) is 48.7 Å². The van der Waals surface area contributed by atoms with Crippen LogP contribution in [0.25, 0.3) is 0 Å². The predicted octanol–water partition coefficient (Wildman–Crippen LogP) is 3.75. The van der Waals surface area contributed by atoms with Crippen molar-refractivity contribution in [1.82, 2.24) is 19.8 Å². The molecule has 1 N–H and O–H groups in total. The molecule has 1 fully saturated rings. The maximum atomic E-state index is 14.3. The summed E-state index contributed by atoms with van der Waals surface area (Å²) in [7, 11) is 3.68. The van der Waals surface area contributed by atoms with Crippen molar-refractivity contribution in [2.75, 3.05) is 38.6 Å². The standard InChI is InChI=1S/C21H31FN6.HI/c1-5-24-21(25-13-17-6-7-19(26(3)4)18(22)12-17)27-10-8-16(2)20(14-27)28-11-9-23-15-28;/h6-7,9,11-12,15-16,20H,5,8,10,13-14H2,1-4H3,(H,24,25);1H. The summed E-state index contributed by atoms with van der Waals surface area (Å²) in [6, 6.07) is 5.70. The minimum atomic E-state index is -0.213. The molecule has 8 heteroatoms. The lowest BCUT2D eigenvalue weighted by Crippen LogP contribution is -2.49. The Morgan fingerprint density at radius 3 is 2.79 bits per heavy atom. The largest absolute Gasteiger partial charge is 0.375 e. The molecule has 1 aromatic heterocycles. The van der Waals surface area contributed by atoms with Crippen LogP contribution in [0.5, 0.6) is 0 Å². The molecule has 3 rings (SSSR count). The highest BCUT2D eigenvalue weighted by molar-refractivity contribution is 14.0. The quantitative estimate of drug-likeness (QED) is 0.375. The average Bonchev–Trinajstić information content (AvgIpc) is 3.20. The van der Waals surface area contributed by atoms with E-state index in [4.69, 9.17) is 4.99 Å². The van der Waals surface area contributed by atoms with Gasteiger partial charge in [0.2, 0.25) is 0 Å². The number of guanidine groups is 1. The molecule has 1 aliphatic rings. The van der Waals surface area contributed by atoms with E-state index in [9.17, 15) is 4.39 Å². The van der Waals surface area contributed by atoms with E-state index in [0.29, 0.717) is 24.2 Å². The third-order valence-corrected chi connectivity index (χ3v) is 5.37. The van der Waals surface area contributed by atoms with Gasteiger partial charge < -0.3 is 19.7 Å². The summed E-state index contributed by atoms with van der Waals surface area (Å²) < 4.78 is 16.4. The van der Waals surface area contributed by atoms with Gasteiger partial charge in [0.25, 0.3) is 0 Å². The third-order valence-electron chi connectivity index (χ3n) is 5.37. The van der Waals surface area contributed by atoms with Gasteiger partial charge in [-0.05, 0) is 37.0 Å². The summed E-state index contributed by atoms with van der Waals surface area (Å²) in [4.78, 5) is 13.1. The molecule has 1 saturated heterocycles. The van der Waals surface area contributed by atoms with Crippen LogP contribution in [0.3, 0.4) is 0 Å². The van der Waals surface area contributed by atoms with Gasteiger partial charge in [-0.1, -0.05) is 13.0 Å². The van der Waals surface area contributed by atoms with Crippen molar-refractivity contribution in [2.45, 2.75) is 32.9 Å². The molecule has 6 nitrogen and oxygen atoms in total. The first-order valence-electron chi connectivity index (χ1n) is 9.96. The fourth-order valence-corrected chi connectivity index (χ4v) is 3.70. The van der Waals surface area contributed by atoms with Crippen LogP contribution in [-0.4, -0.2) is 54.1 Å². The van der Waals surface area contributed by atoms with Crippen molar-refractivity contribution in [1.29, 1.82) is 0 Å². The molecule has 29 heavy (non-hydrogen) atoms. The number of nitrogens with one attached hydrogen (secondary N) is 1. The van der Waals surface area contributed by atoms with Gasteiger partial charge >= 0.3 is 0 Å². The number of benzene rings is 1. The molecule has 0 amide bonds. The summed E-state index contributed by atoms with van der Waals surface area (Å²) >= 11 is 0. The molecule has 0 spiro atoms. The molecule has 160 valence electrons. The second-order valence-electron chi connectivity index (χ2n) is 7.64. The zero-order valence-electron chi connectivity index (χ0n) is 17.7. The normalized spacial score (nSPS) is 19.6. The van der Waals surface area contributed by atoms with Crippen LogP contribution < -0.4 is 10.2 Å². The van der Waals surface area contributed by atoms with Crippen LogP contribution in [0.2, 0.25) is 0 Å². The van der Waals surface area contributed by atoms with Crippen molar-refractivity contribution in [3.63, 3.8) is 0 Å². The van der Waals surface area contributed by atoms with Gasteiger partial charge in [0, 0.05) is 46.1 Å². The number of rotatable bonds is 5. The van der Waals surface area contributed by atoms with E-state index in [1.165, 1.54) is 0 Å². The number of aromatic nitrogens is 2. The van der Waals surface area contributed by atoms with Crippen molar-refractivity contribution in [2.24, 2.45) is 10.9 Å². The summed E-state index contributed by atoms with van der Waals surface area (Å²) in [6.07, 6.45) is 6.85. The van der Waals surface area contributed by atoms with Crippen LogP contribution in [0, 0.1) is 11.7 Å². The van der Waals surface area contributed by atoms with Gasteiger partial charge in [-0.15, -0.1) is 24.0 Å². The summed E-state index contributed by atoms with van der Waals surface area (Å²) in [5.74, 6) is 1.26. The molecule has 1 aliphatic heterocycles. The van der Waals surface area contributed by atoms with E-state index >= 15 is 0 Å². The Morgan fingerprint density at radius 2 is 2.17 bits per heavy atom. The Hall–Kier alpha value is -1.84. The molecular weight excluding hydrogens is 482 g/mol. The van der Waals surface area contributed by atoms with E-state index < -0.39 is 0 Å². The zero-order chi connectivity index (χ0) is 20.1. The van der Waals surface area contributed by atoms with E-state index in [0.717, 1.165) is 37.6 Å². The molecule has 2 unspecified atom stereocenters. The summed E-state index contributed by atoms with van der Waals surface area (Å²) in [6.45, 7) is 7.47. The van der Waals surface area contributed by atoms with E-state index in [1.54, 1.807) is 11.0 Å². The van der Waals surface area contributed by atoms with Crippen molar-refractivity contribution in [3.8, 4) is 0 Å². The molecular formula is C21H32FIN6. The maximum absolute atomic E-state index is 14.3. The summed E-state index contributed by atoms with van der Waals surface area (Å²) in [5, 5.41) is 3.40. The number of anilines is 1. The van der Waals surface area contributed by atoms with Gasteiger partial charge in [-0.3, -0.25) is 0 Å². The number of nitrogens with zero attached hydrogens (tertiary/aromatic N) is 5. The summed E-state index contributed by atoms with van der Waals surface area (Å²) in [5.41, 5.74) is 1.46. The number of halogens is 2. The lowest BCUT2D eigenvalue weighted by atomic mass is 9.93. The predicted molar refractivity (Wildman–Crippen MR) is 128 cm³/mol. The number of hydrogen-bond acceptors (Lipinski definition) is 3. The Balaban J connectivity index is 0.00000300. The van der Waals surface area contributed by atoms with Crippen molar-refractivity contribution in [3.05, 3.63) is 48.3 Å². The van der Waals surface area contributed by atoms with Gasteiger partial charge in [-0.2, -0.15) is 0 Å². The molecule has 0 aliphatic carbocycles. The lowest BCUT2D eigenvalue weighted by molar-refractivity contribution is 0.189. The Bertz CT molecular complexity index is 792. The van der Waals surface area contributed by atoms with Gasteiger partial charge in [0.15, 0.2) is 5.96 Å². The Kier molecular flexibility index (Phi) is 8.73. The second-order valence-corrected chi connectivity index (χ2v) is 7.64. The van der Waals surface area contributed by atoms with Crippen molar-refractivity contribution < 1.29 is 4.39 Å². The number of aliphatic imine (C=N–C) groups is 1. The minimum absolute atomic E-state index is 0. The van der Waals surface area contributed by atoms with Gasteiger partial charge in [-0.25, -0.2) is 14.4 Å². The monoisotopic (exact) mass is 514 g/mol. The SMILES string of the molecule is CCNC(=NCc1ccc(N(C)C)c(F)c1)N1CCC(C)C(n2ccnc2)C1.I. The van der Waals surface area contributed by atoms with Crippen LogP contribution in [0.1, 0.15) is 31.9 Å². The third kappa shape index (κ3) is 5.83. The molecule has 1 aromatic carbocycles. The average molecular weight is 514 g/mol. The van der Waals surface area contributed by atoms with Crippen LogP contribution in [0.4, 0.5) is 10.1 Å². The van der Waals surface area contributed by atoms with Crippen LogP contribution >= 0.6 is 24.0 Å². The highest BCUT2D eigenvalue weighted by Crippen LogP contribution is 2.27. The molecule has 2 heterocycles. The Labute approximate surface area is 190 Å². The first-order valence-corrected chi connectivity index (χ1v) is 9.96. The number of hydrogen-bond donors (Lipinski definition) is 1. The van der Waals surface area contributed by atoms with E-state index in [-0.39, 0.29) is 29.8 Å². The second kappa shape index (κ2) is 10.8. The first-order chi connectivity index (χ1) is 13.5. The first kappa shape index (κ1) is 23.4. The van der Waals surface area contributed by atoms with Crippen molar-refractivity contribution >= 4 is 35.6 Å². The highest BCUT2D eigenvalue weighted by Gasteiger charge is 2.28. The molecule has 0 bridgehead atoms. The highest BCUT2D eigenvalue weighted by atomic mass is 127. The molecule has 0 radical (unpaired) electrons. The minimum Gasteiger partial charge on any atom is -0.375 e. The molecule has 2 atom stereocenters. The fourth-order valence-electron chi connectivity index (χ4n) is 3.70. The van der Waals surface area contributed by atoms with E-state index in [1.807, 2.05) is 44.9 Å². The van der Waals surface area contributed by atoms with Crippen LogP contribution in [-0.2, 0) is 6.54 Å². The Morgan fingerprint density at radius 1 is 1.38 bits per heavy atom. The van der Waals surface area contributed by atoms with E-state index in [2.05, 4.69) is 33.6 Å². The molecule has 0 saturated carbocycles. The molecule has 2 aromatic rings. The lowest BCUT2D eigenvalue weighted by Gasteiger charge is -2.39. The van der Waals surface area contributed by atoms with Gasteiger partial charge in [0.1, 0.15) is 5.82 Å². The number of imidazole rings is 1. The smallest absolute Gasteiger partial charge is 0.194 e. The fraction of sp³-hybridized carbons (Fsp3) is 0.524. The van der Waals surface area contributed by atoms with Gasteiger partial charge in [0.05, 0.1) is 24.6 Å². The number of likely N-dealkylation sites (tertiary alicyclic amines) is 1.